The Labute approximate surface area is 80.2 Å². The average Bonchev–Trinajstić information content (AvgIpc) is 2.03. The molecular weight excluding hydrogens is 164 g/mol. The quantitative estimate of drug-likeness (QED) is 0.575. The molecule has 3 heteroatoms. The third-order valence-corrected chi connectivity index (χ3v) is 3.10. The van der Waals surface area contributed by atoms with Crippen LogP contribution in [0.1, 0.15) is 26.7 Å². The van der Waals surface area contributed by atoms with Gasteiger partial charge in [-0.25, -0.2) is 0 Å². The van der Waals surface area contributed by atoms with Crippen LogP contribution >= 0.6 is 0 Å². The molecule has 1 unspecified atom stereocenters. The maximum atomic E-state index is 5.73. The smallest absolute Gasteiger partial charge is 0.0644 e. The van der Waals surface area contributed by atoms with Crippen LogP contribution in [0.3, 0.4) is 0 Å². The first-order valence-corrected chi connectivity index (χ1v) is 5.22. The Morgan fingerprint density at radius 1 is 1.23 bits per heavy atom. The predicted molar refractivity (Wildman–Crippen MR) is 52.9 cm³/mol. The molecule has 0 amide bonds. The minimum absolute atomic E-state index is 0.0459. The van der Waals surface area contributed by atoms with Crippen molar-refractivity contribution in [2.45, 2.75) is 37.8 Å². The van der Waals surface area contributed by atoms with Gasteiger partial charge in [-0.1, -0.05) is 0 Å². The number of nitrogens with one attached hydrogen (secondary N) is 2. The summed E-state index contributed by atoms with van der Waals surface area (Å²) in [6, 6.07) is 0. The van der Waals surface area contributed by atoms with Crippen molar-refractivity contribution in [1.29, 1.82) is 0 Å². The molecular formula is C10H20N2O. The maximum absolute atomic E-state index is 5.73. The Morgan fingerprint density at radius 2 is 2.08 bits per heavy atom. The minimum Gasteiger partial charge on any atom is -0.375 e. The Balaban J connectivity index is 2.04. The van der Waals surface area contributed by atoms with Gasteiger partial charge in [0.15, 0.2) is 0 Å². The van der Waals surface area contributed by atoms with Gasteiger partial charge in [-0.3, -0.25) is 0 Å². The lowest BCUT2D eigenvalue weighted by molar-refractivity contribution is -0.0896. The second kappa shape index (κ2) is 3.23. The SMILES string of the molecule is CC1(C)CC2(CCO1)CNCCN2. The van der Waals surface area contributed by atoms with E-state index < -0.39 is 0 Å². The van der Waals surface area contributed by atoms with E-state index in [9.17, 15) is 0 Å². The Hall–Kier alpha value is -0.120. The summed E-state index contributed by atoms with van der Waals surface area (Å²) < 4.78 is 5.73. The summed E-state index contributed by atoms with van der Waals surface area (Å²) in [7, 11) is 0. The van der Waals surface area contributed by atoms with Crippen LogP contribution in [0.25, 0.3) is 0 Å². The molecule has 1 spiro atoms. The molecule has 2 rings (SSSR count). The Bertz CT molecular complexity index is 180. The highest BCUT2D eigenvalue weighted by atomic mass is 16.5. The normalized spacial score (nSPS) is 39.2. The third-order valence-electron chi connectivity index (χ3n) is 3.10. The fourth-order valence-corrected chi connectivity index (χ4v) is 2.59. The van der Waals surface area contributed by atoms with Crippen molar-refractivity contribution in [2.24, 2.45) is 0 Å². The highest BCUT2D eigenvalue weighted by Crippen LogP contribution is 2.32. The van der Waals surface area contributed by atoms with Gasteiger partial charge < -0.3 is 15.4 Å². The van der Waals surface area contributed by atoms with Gasteiger partial charge in [0.05, 0.1) is 5.60 Å². The van der Waals surface area contributed by atoms with Crippen molar-refractivity contribution in [3.05, 3.63) is 0 Å². The first-order valence-electron chi connectivity index (χ1n) is 5.22. The first-order chi connectivity index (χ1) is 6.12. The second-order valence-electron chi connectivity index (χ2n) is 4.92. The molecule has 13 heavy (non-hydrogen) atoms. The van der Waals surface area contributed by atoms with Crippen LogP contribution in [0.4, 0.5) is 0 Å². The molecule has 2 aliphatic heterocycles. The van der Waals surface area contributed by atoms with Crippen molar-refractivity contribution >= 4 is 0 Å². The molecule has 0 aromatic carbocycles. The molecule has 0 bridgehead atoms. The van der Waals surface area contributed by atoms with Crippen LogP contribution in [-0.2, 0) is 4.74 Å². The summed E-state index contributed by atoms with van der Waals surface area (Å²) in [6.07, 6.45) is 2.26. The zero-order valence-electron chi connectivity index (χ0n) is 8.65. The van der Waals surface area contributed by atoms with Crippen LogP contribution in [-0.4, -0.2) is 37.4 Å². The fourth-order valence-electron chi connectivity index (χ4n) is 2.59. The van der Waals surface area contributed by atoms with E-state index in [1.165, 1.54) is 0 Å². The average molecular weight is 184 g/mol. The van der Waals surface area contributed by atoms with Crippen LogP contribution in [0.5, 0.6) is 0 Å². The summed E-state index contributed by atoms with van der Waals surface area (Å²) in [5, 5.41) is 7.11. The van der Waals surface area contributed by atoms with Gasteiger partial charge in [0.1, 0.15) is 0 Å². The summed E-state index contributed by atoms with van der Waals surface area (Å²) >= 11 is 0. The fraction of sp³-hybridized carbons (Fsp3) is 1.00. The molecule has 0 aliphatic carbocycles. The van der Waals surface area contributed by atoms with Gasteiger partial charge in [-0.05, 0) is 26.7 Å². The summed E-state index contributed by atoms with van der Waals surface area (Å²) in [5.41, 5.74) is 0.351. The van der Waals surface area contributed by atoms with E-state index in [-0.39, 0.29) is 5.60 Å². The molecule has 2 heterocycles. The number of hydrogen-bond acceptors (Lipinski definition) is 3. The lowest BCUT2D eigenvalue weighted by atomic mass is 9.80. The molecule has 0 aromatic rings. The minimum atomic E-state index is 0.0459. The van der Waals surface area contributed by atoms with E-state index in [0.29, 0.717) is 5.54 Å². The second-order valence-corrected chi connectivity index (χ2v) is 4.92. The zero-order valence-corrected chi connectivity index (χ0v) is 8.65. The van der Waals surface area contributed by atoms with Crippen molar-refractivity contribution in [1.82, 2.24) is 10.6 Å². The Morgan fingerprint density at radius 3 is 2.69 bits per heavy atom. The highest BCUT2D eigenvalue weighted by Gasteiger charge is 2.41. The van der Waals surface area contributed by atoms with E-state index in [4.69, 9.17) is 4.74 Å². The molecule has 0 radical (unpaired) electrons. The van der Waals surface area contributed by atoms with E-state index in [1.54, 1.807) is 0 Å². The molecule has 2 aliphatic rings. The Kier molecular flexibility index (Phi) is 2.34. The third kappa shape index (κ3) is 2.03. The molecule has 76 valence electrons. The molecule has 2 fully saturated rings. The lowest BCUT2D eigenvalue weighted by Crippen LogP contribution is -2.64. The summed E-state index contributed by atoms with van der Waals surface area (Å²) in [5.74, 6) is 0. The summed E-state index contributed by atoms with van der Waals surface area (Å²) in [6.45, 7) is 8.55. The van der Waals surface area contributed by atoms with Gasteiger partial charge in [0.25, 0.3) is 0 Å². The standard InChI is InChI=1S/C10H20N2O/c1-9(2)7-10(3-6-13-9)8-11-4-5-12-10/h11-12H,3-8H2,1-2H3. The van der Waals surface area contributed by atoms with Crippen molar-refractivity contribution < 1.29 is 4.74 Å². The zero-order chi connectivity index (χ0) is 9.36. The maximum Gasteiger partial charge on any atom is 0.0644 e. The highest BCUT2D eigenvalue weighted by molar-refractivity contribution is 5.00. The van der Waals surface area contributed by atoms with Crippen molar-refractivity contribution in [2.75, 3.05) is 26.2 Å². The van der Waals surface area contributed by atoms with Gasteiger partial charge in [0.2, 0.25) is 0 Å². The van der Waals surface area contributed by atoms with E-state index >= 15 is 0 Å². The molecule has 3 nitrogen and oxygen atoms in total. The van der Waals surface area contributed by atoms with E-state index in [2.05, 4.69) is 24.5 Å². The van der Waals surface area contributed by atoms with E-state index in [1.807, 2.05) is 0 Å². The van der Waals surface area contributed by atoms with Crippen molar-refractivity contribution in [3.63, 3.8) is 0 Å². The topological polar surface area (TPSA) is 33.3 Å². The molecule has 1 atom stereocenters. The monoisotopic (exact) mass is 184 g/mol. The number of rotatable bonds is 0. The predicted octanol–water partition coefficient (Wildman–Crippen LogP) is 0.507. The van der Waals surface area contributed by atoms with Crippen LogP contribution in [0, 0.1) is 0 Å². The van der Waals surface area contributed by atoms with E-state index in [0.717, 1.165) is 39.1 Å². The largest absolute Gasteiger partial charge is 0.375 e. The number of piperazine rings is 1. The van der Waals surface area contributed by atoms with Crippen molar-refractivity contribution in [3.8, 4) is 0 Å². The van der Waals surface area contributed by atoms with Gasteiger partial charge in [-0.15, -0.1) is 0 Å². The first kappa shape index (κ1) is 9.44. The van der Waals surface area contributed by atoms with Crippen LogP contribution in [0.15, 0.2) is 0 Å². The van der Waals surface area contributed by atoms with Gasteiger partial charge in [-0.2, -0.15) is 0 Å². The molecule has 0 aromatic heterocycles. The number of ether oxygens (including phenoxy) is 1. The molecule has 0 saturated carbocycles. The van der Waals surface area contributed by atoms with Crippen LogP contribution < -0.4 is 10.6 Å². The lowest BCUT2D eigenvalue weighted by Gasteiger charge is -2.47. The van der Waals surface area contributed by atoms with Gasteiger partial charge in [0, 0.05) is 31.8 Å². The van der Waals surface area contributed by atoms with Crippen LogP contribution in [0.2, 0.25) is 0 Å². The summed E-state index contributed by atoms with van der Waals surface area (Å²) in [4.78, 5) is 0. The number of hydrogen-bond donors (Lipinski definition) is 2. The van der Waals surface area contributed by atoms with Gasteiger partial charge >= 0.3 is 0 Å². The molecule has 2 N–H and O–H groups in total. The molecule has 2 saturated heterocycles.